The van der Waals surface area contributed by atoms with Crippen molar-refractivity contribution < 1.29 is 0 Å². The minimum absolute atomic E-state index is 0.00786. The van der Waals surface area contributed by atoms with Crippen LogP contribution in [0.5, 0.6) is 0 Å². The van der Waals surface area contributed by atoms with E-state index < -0.39 is 11.2 Å². The highest BCUT2D eigenvalue weighted by molar-refractivity contribution is 5.67. The van der Waals surface area contributed by atoms with Crippen LogP contribution in [0.2, 0.25) is 0 Å². The van der Waals surface area contributed by atoms with Gasteiger partial charge in [0.05, 0.1) is 5.69 Å². The zero-order valence-electron chi connectivity index (χ0n) is 14.0. The van der Waals surface area contributed by atoms with Crippen LogP contribution in [0, 0.1) is 11.5 Å². The summed E-state index contributed by atoms with van der Waals surface area (Å²) >= 11 is 0. The lowest BCUT2D eigenvalue weighted by Gasteiger charge is -2.10. The van der Waals surface area contributed by atoms with Gasteiger partial charge in [0.25, 0.3) is 11.2 Å². The molecule has 0 atom stereocenters. The van der Waals surface area contributed by atoms with Crippen molar-refractivity contribution in [2.75, 3.05) is 0 Å². The van der Waals surface area contributed by atoms with Crippen molar-refractivity contribution in [2.24, 2.45) is 19.1 Å². The van der Waals surface area contributed by atoms with Gasteiger partial charge >= 0.3 is 5.69 Å². The molecule has 2 heterocycles. The first-order valence-corrected chi connectivity index (χ1v) is 7.57. The summed E-state index contributed by atoms with van der Waals surface area (Å²) in [5, 5.41) is 13.3. The number of aromatic nitrogens is 5. The van der Waals surface area contributed by atoms with Gasteiger partial charge in [-0.2, -0.15) is 20.0 Å². The number of aryl methyl sites for hydroxylation is 2. The smallest absolute Gasteiger partial charge is 0.279 e. The van der Waals surface area contributed by atoms with Crippen molar-refractivity contribution in [3.8, 4) is 11.9 Å². The second-order valence-corrected chi connectivity index (χ2v) is 5.44. The predicted molar refractivity (Wildman–Crippen MR) is 89.9 cm³/mol. The first-order chi connectivity index (χ1) is 12.0. The van der Waals surface area contributed by atoms with Crippen LogP contribution in [-0.4, -0.2) is 23.9 Å². The Kier molecular flexibility index (Phi) is 4.02. The van der Waals surface area contributed by atoms with E-state index in [1.807, 2.05) is 25.1 Å². The maximum absolute atomic E-state index is 12.4. The second kappa shape index (κ2) is 6.16. The Hall–Kier alpha value is -3.54. The summed E-state index contributed by atoms with van der Waals surface area (Å²) in [5.41, 5.74) is 0.677. The van der Waals surface area contributed by atoms with Gasteiger partial charge in [0.2, 0.25) is 6.19 Å². The molecule has 3 aromatic rings. The van der Waals surface area contributed by atoms with E-state index in [0.29, 0.717) is 5.69 Å². The molecule has 2 aromatic heterocycles. The van der Waals surface area contributed by atoms with E-state index in [1.165, 1.54) is 23.3 Å². The van der Waals surface area contributed by atoms with Gasteiger partial charge in [-0.25, -0.2) is 4.79 Å². The van der Waals surface area contributed by atoms with Gasteiger partial charge in [0.15, 0.2) is 11.2 Å². The summed E-state index contributed by atoms with van der Waals surface area (Å²) in [4.78, 5) is 32.4. The molecule has 126 valence electrons. The van der Waals surface area contributed by atoms with E-state index in [1.54, 1.807) is 12.3 Å². The maximum atomic E-state index is 12.4. The van der Waals surface area contributed by atoms with E-state index in [4.69, 9.17) is 5.26 Å². The predicted octanol–water partition coefficient (Wildman–Crippen LogP) is -0.238. The fraction of sp³-hybridized carbons (Fsp3) is 0.250. The van der Waals surface area contributed by atoms with Gasteiger partial charge in [-0.1, -0.05) is 19.1 Å². The van der Waals surface area contributed by atoms with Crippen LogP contribution in [0.3, 0.4) is 0 Å². The normalized spacial score (nSPS) is 11.7. The van der Waals surface area contributed by atoms with Gasteiger partial charge in [0.1, 0.15) is 0 Å². The van der Waals surface area contributed by atoms with Crippen LogP contribution >= 0.6 is 0 Å². The van der Waals surface area contributed by atoms with Crippen molar-refractivity contribution in [1.29, 1.82) is 5.26 Å². The zero-order valence-corrected chi connectivity index (χ0v) is 14.0. The SMILES string of the molecule is CCc1cccc(-n2nc3c(=O)n(C)c(=O)n(C)c3nc2=NC#N)c1. The van der Waals surface area contributed by atoms with Crippen LogP contribution in [0.25, 0.3) is 16.9 Å². The Labute approximate surface area is 141 Å². The highest BCUT2D eigenvalue weighted by Crippen LogP contribution is 2.09. The molecular formula is C16H15N7O2. The molecule has 0 unspecified atom stereocenters. The molecule has 9 heteroatoms. The Morgan fingerprint density at radius 1 is 1.24 bits per heavy atom. The molecule has 0 fully saturated rings. The van der Waals surface area contributed by atoms with Gasteiger partial charge in [-0.15, -0.1) is 4.99 Å². The molecule has 0 aliphatic heterocycles. The molecule has 9 nitrogen and oxygen atoms in total. The van der Waals surface area contributed by atoms with Crippen molar-refractivity contribution in [3.63, 3.8) is 0 Å². The third kappa shape index (κ3) is 2.63. The number of benzene rings is 1. The zero-order chi connectivity index (χ0) is 18.1. The van der Waals surface area contributed by atoms with E-state index >= 15 is 0 Å². The molecule has 1 aromatic carbocycles. The van der Waals surface area contributed by atoms with Crippen molar-refractivity contribution in [1.82, 2.24) is 23.9 Å². The molecule has 0 N–H and O–H groups in total. The third-order valence-electron chi connectivity index (χ3n) is 3.92. The number of hydrogen-bond acceptors (Lipinski definition) is 6. The van der Waals surface area contributed by atoms with Gasteiger partial charge < -0.3 is 0 Å². The summed E-state index contributed by atoms with van der Waals surface area (Å²) in [6.07, 6.45) is 2.49. The minimum atomic E-state index is -0.561. The summed E-state index contributed by atoms with van der Waals surface area (Å²) in [6, 6.07) is 7.47. The minimum Gasteiger partial charge on any atom is -0.279 e. The van der Waals surface area contributed by atoms with E-state index in [9.17, 15) is 9.59 Å². The molecule has 0 bridgehead atoms. The highest BCUT2D eigenvalue weighted by atomic mass is 16.2. The fourth-order valence-electron chi connectivity index (χ4n) is 2.52. The molecule has 25 heavy (non-hydrogen) atoms. The number of fused-ring (bicyclic) bond motifs is 1. The van der Waals surface area contributed by atoms with E-state index in [0.717, 1.165) is 16.6 Å². The van der Waals surface area contributed by atoms with Gasteiger partial charge in [0, 0.05) is 14.1 Å². The quantitative estimate of drug-likeness (QED) is 0.599. The average Bonchev–Trinajstić information content (AvgIpc) is 2.64. The first-order valence-electron chi connectivity index (χ1n) is 7.57. The Morgan fingerprint density at radius 2 is 2.00 bits per heavy atom. The van der Waals surface area contributed by atoms with Crippen molar-refractivity contribution in [2.45, 2.75) is 13.3 Å². The topological polar surface area (TPSA) is 111 Å². The Balaban J connectivity index is 2.49. The number of rotatable bonds is 2. The molecule has 0 aliphatic carbocycles. The third-order valence-corrected chi connectivity index (χ3v) is 3.92. The summed E-state index contributed by atoms with van der Waals surface area (Å²) in [5.74, 6) is 0. The molecular weight excluding hydrogens is 322 g/mol. The maximum Gasteiger partial charge on any atom is 0.332 e. The van der Waals surface area contributed by atoms with Crippen LogP contribution in [0.1, 0.15) is 12.5 Å². The fourth-order valence-corrected chi connectivity index (χ4v) is 2.52. The monoisotopic (exact) mass is 337 g/mol. The standard InChI is InChI=1S/C16H15N7O2/c1-4-10-6-5-7-11(8-10)23-15(18-9-17)19-13-12(20-23)14(24)22(3)16(25)21(13)2/h5-8H,4H2,1-3H3. The molecule has 0 saturated carbocycles. The van der Waals surface area contributed by atoms with E-state index in [-0.39, 0.29) is 16.8 Å². The highest BCUT2D eigenvalue weighted by Gasteiger charge is 2.14. The number of hydrogen-bond donors (Lipinski definition) is 0. The average molecular weight is 337 g/mol. The van der Waals surface area contributed by atoms with Crippen LogP contribution in [0.4, 0.5) is 0 Å². The van der Waals surface area contributed by atoms with E-state index in [2.05, 4.69) is 15.1 Å². The summed E-state index contributed by atoms with van der Waals surface area (Å²) in [7, 11) is 2.86. The number of nitrogens with zero attached hydrogens (tertiary/aromatic N) is 7. The molecule has 0 radical (unpaired) electrons. The largest absolute Gasteiger partial charge is 0.332 e. The molecule has 0 saturated heterocycles. The Bertz CT molecular complexity index is 1210. The lowest BCUT2D eigenvalue weighted by molar-refractivity contribution is 0.678. The van der Waals surface area contributed by atoms with Crippen LogP contribution in [0.15, 0.2) is 38.8 Å². The van der Waals surface area contributed by atoms with Crippen molar-refractivity contribution >= 4 is 11.2 Å². The number of nitriles is 1. The molecule has 0 spiro atoms. The lowest BCUT2D eigenvalue weighted by Crippen LogP contribution is -2.40. The lowest BCUT2D eigenvalue weighted by atomic mass is 10.1. The molecule has 0 amide bonds. The summed E-state index contributed by atoms with van der Waals surface area (Å²) < 4.78 is 3.49. The first kappa shape index (κ1) is 16.3. The Morgan fingerprint density at radius 3 is 2.68 bits per heavy atom. The molecule has 0 aliphatic rings. The molecule has 3 rings (SSSR count). The second-order valence-electron chi connectivity index (χ2n) is 5.44. The van der Waals surface area contributed by atoms with Crippen LogP contribution in [-0.2, 0) is 20.5 Å². The van der Waals surface area contributed by atoms with Crippen LogP contribution < -0.4 is 16.9 Å². The van der Waals surface area contributed by atoms with Gasteiger partial charge in [-0.3, -0.25) is 13.9 Å². The van der Waals surface area contributed by atoms with Gasteiger partial charge in [-0.05, 0) is 24.1 Å². The van der Waals surface area contributed by atoms with Crippen molar-refractivity contribution in [3.05, 3.63) is 56.3 Å². The summed E-state index contributed by atoms with van der Waals surface area (Å²) in [6.45, 7) is 2.02.